The molecule has 0 spiro atoms. The van der Waals surface area contributed by atoms with E-state index in [0.717, 1.165) is 0 Å². The lowest BCUT2D eigenvalue weighted by molar-refractivity contribution is -0.123. The minimum absolute atomic E-state index is 0.0385. The number of carbonyl (C=O) groups is 3. The zero-order valence-electron chi connectivity index (χ0n) is 15.9. The van der Waals surface area contributed by atoms with Crippen molar-refractivity contribution in [1.82, 2.24) is 5.32 Å². The van der Waals surface area contributed by atoms with Crippen LogP contribution in [0.1, 0.15) is 42.6 Å². The first-order valence-electron chi connectivity index (χ1n) is 8.98. The molecule has 0 heterocycles. The van der Waals surface area contributed by atoms with Gasteiger partial charge < -0.3 is 15.4 Å². The van der Waals surface area contributed by atoms with Crippen LogP contribution in [0.4, 0.5) is 10.1 Å². The number of ether oxygens (including phenoxy) is 1. The molecule has 0 saturated heterocycles. The molecule has 0 radical (unpaired) electrons. The topological polar surface area (TPSA) is 84.5 Å². The minimum atomic E-state index is -0.446. The highest BCUT2D eigenvalue weighted by Crippen LogP contribution is 2.23. The van der Waals surface area contributed by atoms with Gasteiger partial charge in [-0.25, -0.2) is 4.39 Å². The van der Waals surface area contributed by atoms with E-state index in [2.05, 4.69) is 10.6 Å². The highest BCUT2D eigenvalue weighted by Gasteiger charge is 2.13. The van der Waals surface area contributed by atoms with Gasteiger partial charge in [0.15, 0.2) is 12.4 Å². The molecule has 0 saturated carbocycles. The maximum Gasteiger partial charge on any atom is 0.258 e. The Morgan fingerprint density at radius 3 is 2.50 bits per heavy atom. The van der Waals surface area contributed by atoms with Crippen LogP contribution in [-0.2, 0) is 16.1 Å². The van der Waals surface area contributed by atoms with Gasteiger partial charge in [0.1, 0.15) is 11.6 Å². The van der Waals surface area contributed by atoms with Gasteiger partial charge in [0.2, 0.25) is 5.91 Å². The minimum Gasteiger partial charge on any atom is -0.483 e. The molecule has 2 N–H and O–H groups in total. The van der Waals surface area contributed by atoms with Crippen LogP contribution in [0, 0.1) is 5.82 Å². The Morgan fingerprint density at radius 2 is 1.82 bits per heavy atom. The lowest BCUT2D eigenvalue weighted by Gasteiger charge is -2.12. The van der Waals surface area contributed by atoms with Crippen LogP contribution in [0.15, 0.2) is 42.5 Å². The Balaban J connectivity index is 1.96. The first kappa shape index (κ1) is 21.1. The largest absolute Gasteiger partial charge is 0.483 e. The van der Waals surface area contributed by atoms with E-state index < -0.39 is 11.7 Å². The van der Waals surface area contributed by atoms with E-state index in [1.54, 1.807) is 24.3 Å². The fourth-order valence-corrected chi connectivity index (χ4v) is 2.49. The monoisotopic (exact) mass is 386 g/mol. The molecule has 2 aromatic carbocycles. The smallest absolute Gasteiger partial charge is 0.258 e. The molecule has 148 valence electrons. The summed E-state index contributed by atoms with van der Waals surface area (Å²) in [6.45, 7) is 2.99. The summed E-state index contributed by atoms with van der Waals surface area (Å²) in [5, 5.41) is 5.28. The second-order valence-corrected chi connectivity index (χ2v) is 6.22. The van der Waals surface area contributed by atoms with Crippen LogP contribution in [0.5, 0.6) is 5.75 Å². The van der Waals surface area contributed by atoms with E-state index in [9.17, 15) is 18.8 Å². The van der Waals surface area contributed by atoms with E-state index in [1.165, 1.54) is 25.1 Å². The summed E-state index contributed by atoms with van der Waals surface area (Å²) in [7, 11) is 0. The number of Topliss-reactive ketones (excluding diaryl/α,β-unsaturated/α-hetero) is 1. The standard InChI is InChI=1S/C21H23FN2O4/c1-3-6-20(26)24-16-9-10-19(17(11-16)14(2)25)28-13-21(27)23-12-15-7-4-5-8-18(15)22/h4-5,7-11H,3,6,12-13H2,1-2H3,(H,23,27)(H,24,26). The van der Waals surface area contributed by atoms with Crippen molar-refractivity contribution in [3.63, 3.8) is 0 Å². The molecule has 7 heteroatoms. The molecule has 0 unspecified atom stereocenters. The van der Waals surface area contributed by atoms with Crippen molar-refractivity contribution in [2.24, 2.45) is 0 Å². The molecule has 28 heavy (non-hydrogen) atoms. The zero-order valence-corrected chi connectivity index (χ0v) is 15.9. The molecule has 0 aliphatic carbocycles. The Labute approximate surface area is 163 Å². The fraction of sp³-hybridized carbons (Fsp3) is 0.286. The van der Waals surface area contributed by atoms with E-state index in [0.29, 0.717) is 24.1 Å². The van der Waals surface area contributed by atoms with Crippen molar-refractivity contribution < 1.29 is 23.5 Å². The van der Waals surface area contributed by atoms with E-state index in [4.69, 9.17) is 4.74 Å². The molecule has 2 amide bonds. The fourth-order valence-electron chi connectivity index (χ4n) is 2.49. The van der Waals surface area contributed by atoms with Gasteiger partial charge in [0.25, 0.3) is 5.91 Å². The summed E-state index contributed by atoms with van der Waals surface area (Å²) in [6.07, 6.45) is 1.10. The van der Waals surface area contributed by atoms with Gasteiger partial charge in [-0.2, -0.15) is 0 Å². The van der Waals surface area contributed by atoms with Gasteiger partial charge in [-0.05, 0) is 37.6 Å². The molecule has 2 aromatic rings. The zero-order chi connectivity index (χ0) is 20.5. The average Bonchev–Trinajstić information content (AvgIpc) is 2.66. The molecule has 6 nitrogen and oxygen atoms in total. The van der Waals surface area contributed by atoms with Gasteiger partial charge in [0, 0.05) is 24.2 Å². The summed E-state index contributed by atoms with van der Waals surface area (Å²) in [5.74, 6) is -1.00. The highest BCUT2D eigenvalue weighted by molar-refractivity contribution is 5.99. The number of benzene rings is 2. The van der Waals surface area contributed by atoms with Crippen molar-refractivity contribution in [2.75, 3.05) is 11.9 Å². The van der Waals surface area contributed by atoms with Gasteiger partial charge in [-0.3, -0.25) is 14.4 Å². The van der Waals surface area contributed by atoms with Crippen LogP contribution >= 0.6 is 0 Å². The van der Waals surface area contributed by atoms with Gasteiger partial charge in [-0.15, -0.1) is 0 Å². The number of carbonyl (C=O) groups excluding carboxylic acids is 3. The van der Waals surface area contributed by atoms with Crippen LogP contribution < -0.4 is 15.4 Å². The van der Waals surface area contributed by atoms with Gasteiger partial charge in [0.05, 0.1) is 5.56 Å². The number of hydrogen-bond acceptors (Lipinski definition) is 4. The molecular weight excluding hydrogens is 363 g/mol. The number of nitrogens with one attached hydrogen (secondary N) is 2. The van der Waals surface area contributed by atoms with Crippen molar-refractivity contribution in [3.8, 4) is 5.75 Å². The molecule has 0 fully saturated rings. The van der Waals surface area contributed by atoms with Crippen molar-refractivity contribution in [1.29, 1.82) is 0 Å². The molecule has 0 aliphatic heterocycles. The molecule has 0 bridgehead atoms. The van der Waals surface area contributed by atoms with Gasteiger partial charge in [-0.1, -0.05) is 25.1 Å². The Morgan fingerprint density at radius 1 is 1.07 bits per heavy atom. The second-order valence-electron chi connectivity index (χ2n) is 6.22. The molecule has 0 atom stereocenters. The van der Waals surface area contributed by atoms with E-state index in [-0.39, 0.29) is 36.2 Å². The third-order valence-electron chi connectivity index (χ3n) is 3.91. The first-order chi connectivity index (χ1) is 13.4. The number of amides is 2. The predicted octanol–water partition coefficient (Wildman–Crippen LogP) is 3.46. The number of hydrogen-bond donors (Lipinski definition) is 2. The number of halogens is 1. The first-order valence-corrected chi connectivity index (χ1v) is 8.98. The Bertz CT molecular complexity index is 867. The van der Waals surface area contributed by atoms with Crippen LogP contribution in [0.25, 0.3) is 0 Å². The van der Waals surface area contributed by atoms with Crippen molar-refractivity contribution >= 4 is 23.3 Å². The summed E-state index contributed by atoms with van der Waals surface area (Å²) in [4.78, 5) is 35.6. The molecular formula is C21H23FN2O4. The maximum atomic E-state index is 13.6. The van der Waals surface area contributed by atoms with Gasteiger partial charge >= 0.3 is 0 Å². The third-order valence-corrected chi connectivity index (χ3v) is 3.91. The quantitative estimate of drug-likeness (QED) is 0.647. The van der Waals surface area contributed by atoms with Crippen LogP contribution in [0.2, 0.25) is 0 Å². The lowest BCUT2D eigenvalue weighted by atomic mass is 10.1. The van der Waals surface area contributed by atoms with E-state index in [1.807, 2.05) is 6.92 Å². The van der Waals surface area contributed by atoms with Crippen molar-refractivity contribution in [3.05, 3.63) is 59.4 Å². The summed E-state index contributed by atoms with van der Waals surface area (Å²) < 4.78 is 19.0. The summed E-state index contributed by atoms with van der Waals surface area (Å²) in [6, 6.07) is 10.8. The number of anilines is 1. The highest BCUT2D eigenvalue weighted by atomic mass is 19.1. The predicted molar refractivity (Wildman–Crippen MR) is 104 cm³/mol. The lowest BCUT2D eigenvalue weighted by Crippen LogP contribution is -2.29. The molecule has 0 aromatic heterocycles. The van der Waals surface area contributed by atoms with Crippen LogP contribution in [0.3, 0.4) is 0 Å². The SMILES string of the molecule is CCCC(=O)Nc1ccc(OCC(=O)NCc2ccccc2F)c(C(C)=O)c1. The molecule has 2 rings (SSSR count). The number of ketones is 1. The molecule has 0 aliphatic rings. The number of rotatable bonds is 9. The van der Waals surface area contributed by atoms with Crippen molar-refractivity contribution in [2.45, 2.75) is 33.2 Å². The maximum absolute atomic E-state index is 13.6. The average molecular weight is 386 g/mol. The van der Waals surface area contributed by atoms with Crippen LogP contribution in [-0.4, -0.2) is 24.2 Å². The third kappa shape index (κ3) is 6.19. The Kier molecular flexibility index (Phi) is 7.68. The summed E-state index contributed by atoms with van der Waals surface area (Å²) in [5.41, 5.74) is 1.11. The normalized spacial score (nSPS) is 10.2. The Hall–Kier alpha value is -3.22. The second kappa shape index (κ2) is 10.2. The van der Waals surface area contributed by atoms with E-state index >= 15 is 0 Å². The summed E-state index contributed by atoms with van der Waals surface area (Å²) >= 11 is 0.